The van der Waals surface area contributed by atoms with Crippen LogP contribution in [-0.2, 0) is 0 Å². The summed E-state index contributed by atoms with van der Waals surface area (Å²) in [7, 11) is 0. The van der Waals surface area contributed by atoms with Crippen molar-refractivity contribution in [3.05, 3.63) is 88.9 Å². The Kier molecular flexibility index (Phi) is 3.89. The molecular formula is C19H14FN5O. The molecule has 26 heavy (non-hydrogen) atoms. The molecule has 0 bridgehead atoms. The van der Waals surface area contributed by atoms with E-state index in [-0.39, 0.29) is 16.9 Å². The van der Waals surface area contributed by atoms with Crippen molar-refractivity contribution in [2.45, 2.75) is 6.92 Å². The first-order valence-electron chi connectivity index (χ1n) is 7.95. The third kappa shape index (κ3) is 2.90. The Morgan fingerprint density at radius 2 is 1.88 bits per heavy atom. The standard InChI is InChI=1S/C19H14FN5O/c1-13-11-16(5-8-21-13)25-17(6-9-22-25)19-18(26)7-10-24(23-19)15-4-2-3-14(20)12-15/h2-12H,1H3. The normalized spacial score (nSPS) is 10.8. The topological polar surface area (TPSA) is 65.6 Å². The predicted molar refractivity (Wildman–Crippen MR) is 94.9 cm³/mol. The van der Waals surface area contributed by atoms with Crippen LogP contribution in [0.4, 0.5) is 4.39 Å². The highest BCUT2D eigenvalue weighted by Gasteiger charge is 2.14. The molecule has 0 aliphatic heterocycles. The lowest BCUT2D eigenvalue weighted by atomic mass is 10.2. The molecule has 128 valence electrons. The molecule has 0 spiro atoms. The summed E-state index contributed by atoms with van der Waals surface area (Å²) < 4.78 is 16.6. The predicted octanol–water partition coefficient (Wildman–Crippen LogP) is 2.93. The SMILES string of the molecule is Cc1cc(-n2nccc2-c2nn(-c3cccc(F)c3)ccc2=O)ccn1. The zero-order chi connectivity index (χ0) is 18.1. The van der Waals surface area contributed by atoms with Crippen molar-refractivity contribution in [2.24, 2.45) is 0 Å². The molecule has 1 aromatic carbocycles. The molecule has 0 fully saturated rings. The molecule has 0 N–H and O–H groups in total. The maximum Gasteiger partial charge on any atom is 0.209 e. The molecule has 0 aliphatic carbocycles. The van der Waals surface area contributed by atoms with Gasteiger partial charge in [-0.3, -0.25) is 9.78 Å². The highest BCUT2D eigenvalue weighted by atomic mass is 19.1. The second kappa shape index (κ2) is 6.36. The fourth-order valence-corrected chi connectivity index (χ4v) is 2.70. The van der Waals surface area contributed by atoms with Crippen LogP contribution in [0, 0.1) is 12.7 Å². The van der Waals surface area contributed by atoms with Crippen molar-refractivity contribution in [3.8, 4) is 22.8 Å². The molecular weight excluding hydrogens is 333 g/mol. The van der Waals surface area contributed by atoms with Crippen LogP contribution in [0.25, 0.3) is 22.8 Å². The first-order valence-corrected chi connectivity index (χ1v) is 7.95. The molecule has 3 aromatic heterocycles. The van der Waals surface area contributed by atoms with E-state index in [1.54, 1.807) is 41.3 Å². The summed E-state index contributed by atoms with van der Waals surface area (Å²) in [5, 5.41) is 8.70. The van der Waals surface area contributed by atoms with Gasteiger partial charge in [-0.1, -0.05) is 6.07 Å². The van der Waals surface area contributed by atoms with Crippen molar-refractivity contribution in [1.29, 1.82) is 0 Å². The number of hydrogen-bond donors (Lipinski definition) is 0. The Morgan fingerprint density at radius 1 is 1.00 bits per heavy atom. The smallest absolute Gasteiger partial charge is 0.209 e. The van der Waals surface area contributed by atoms with Gasteiger partial charge < -0.3 is 0 Å². The van der Waals surface area contributed by atoms with Crippen LogP contribution in [0.15, 0.2) is 71.9 Å². The minimum atomic E-state index is -0.373. The second-order valence-corrected chi connectivity index (χ2v) is 5.74. The Balaban J connectivity index is 1.86. The van der Waals surface area contributed by atoms with Gasteiger partial charge in [0.25, 0.3) is 0 Å². The largest absolute Gasteiger partial charge is 0.287 e. The molecule has 4 rings (SSSR count). The molecule has 0 saturated carbocycles. The highest BCUT2D eigenvalue weighted by molar-refractivity contribution is 5.57. The fraction of sp³-hybridized carbons (Fsp3) is 0.0526. The molecule has 7 heteroatoms. The molecule has 4 aromatic rings. The first kappa shape index (κ1) is 15.9. The fourth-order valence-electron chi connectivity index (χ4n) is 2.70. The molecule has 0 atom stereocenters. The third-order valence-electron chi connectivity index (χ3n) is 3.89. The molecule has 0 aliphatic rings. The number of benzene rings is 1. The van der Waals surface area contributed by atoms with Gasteiger partial charge in [-0.15, -0.1) is 0 Å². The summed E-state index contributed by atoms with van der Waals surface area (Å²) in [6.45, 7) is 1.88. The average molecular weight is 347 g/mol. The number of aryl methyl sites for hydroxylation is 1. The van der Waals surface area contributed by atoms with E-state index in [1.165, 1.54) is 29.1 Å². The molecule has 6 nitrogen and oxygen atoms in total. The van der Waals surface area contributed by atoms with Crippen LogP contribution in [-0.4, -0.2) is 24.5 Å². The summed E-state index contributed by atoms with van der Waals surface area (Å²) in [6.07, 6.45) is 4.79. The van der Waals surface area contributed by atoms with E-state index in [4.69, 9.17) is 0 Å². The maximum absolute atomic E-state index is 13.5. The summed E-state index contributed by atoms with van der Waals surface area (Å²) in [5.74, 6) is -0.373. The van der Waals surface area contributed by atoms with Gasteiger partial charge in [0.15, 0.2) is 5.69 Å². The van der Waals surface area contributed by atoms with Gasteiger partial charge in [0, 0.05) is 24.2 Å². The van der Waals surface area contributed by atoms with Crippen molar-refractivity contribution < 1.29 is 4.39 Å². The van der Waals surface area contributed by atoms with Gasteiger partial charge in [0.05, 0.1) is 23.3 Å². The average Bonchev–Trinajstić information content (AvgIpc) is 3.12. The molecule has 0 saturated heterocycles. The van der Waals surface area contributed by atoms with Gasteiger partial charge in [0.1, 0.15) is 5.82 Å². The molecule has 0 radical (unpaired) electrons. The Hall–Kier alpha value is -3.61. The zero-order valence-electron chi connectivity index (χ0n) is 13.9. The number of halogens is 1. The second-order valence-electron chi connectivity index (χ2n) is 5.74. The molecule has 0 unspecified atom stereocenters. The Morgan fingerprint density at radius 3 is 2.69 bits per heavy atom. The minimum absolute atomic E-state index is 0.226. The maximum atomic E-state index is 13.5. The summed E-state index contributed by atoms with van der Waals surface area (Å²) in [5.41, 5.74) is 2.67. The number of pyridine rings is 1. The molecule has 0 amide bonds. The zero-order valence-corrected chi connectivity index (χ0v) is 13.9. The van der Waals surface area contributed by atoms with Gasteiger partial charge in [0.2, 0.25) is 5.43 Å². The van der Waals surface area contributed by atoms with E-state index in [2.05, 4.69) is 15.2 Å². The number of rotatable bonds is 3. The van der Waals surface area contributed by atoms with Crippen LogP contribution in [0.5, 0.6) is 0 Å². The van der Waals surface area contributed by atoms with Crippen LogP contribution in [0.1, 0.15) is 5.69 Å². The van der Waals surface area contributed by atoms with E-state index in [1.807, 2.05) is 13.0 Å². The van der Waals surface area contributed by atoms with Gasteiger partial charge in [-0.05, 0) is 43.3 Å². The third-order valence-corrected chi connectivity index (χ3v) is 3.89. The highest BCUT2D eigenvalue weighted by Crippen LogP contribution is 2.19. The van der Waals surface area contributed by atoms with Crippen LogP contribution >= 0.6 is 0 Å². The summed E-state index contributed by atoms with van der Waals surface area (Å²) in [6, 6.07) is 12.8. The molecule has 3 heterocycles. The lowest BCUT2D eigenvalue weighted by molar-refractivity contribution is 0.625. The lowest BCUT2D eigenvalue weighted by Crippen LogP contribution is -2.15. The monoisotopic (exact) mass is 347 g/mol. The number of nitrogens with zero attached hydrogens (tertiary/aromatic N) is 5. The van der Waals surface area contributed by atoms with E-state index in [0.717, 1.165) is 11.4 Å². The van der Waals surface area contributed by atoms with Crippen LogP contribution in [0.3, 0.4) is 0 Å². The van der Waals surface area contributed by atoms with E-state index in [0.29, 0.717) is 11.4 Å². The minimum Gasteiger partial charge on any atom is -0.287 e. The van der Waals surface area contributed by atoms with Crippen molar-refractivity contribution in [3.63, 3.8) is 0 Å². The first-order chi connectivity index (χ1) is 12.6. The van der Waals surface area contributed by atoms with Crippen molar-refractivity contribution in [2.75, 3.05) is 0 Å². The Labute approximate surface area is 148 Å². The quantitative estimate of drug-likeness (QED) is 0.571. The van der Waals surface area contributed by atoms with Crippen molar-refractivity contribution >= 4 is 0 Å². The Bertz CT molecular complexity index is 1150. The number of hydrogen-bond acceptors (Lipinski definition) is 4. The van der Waals surface area contributed by atoms with E-state index < -0.39 is 0 Å². The summed E-state index contributed by atoms with van der Waals surface area (Å²) >= 11 is 0. The number of aromatic nitrogens is 5. The summed E-state index contributed by atoms with van der Waals surface area (Å²) in [4.78, 5) is 16.6. The van der Waals surface area contributed by atoms with Crippen LogP contribution < -0.4 is 5.43 Å². The van der Waals surface area contributed by atoms with E-state index >= 15 is 0 Å². The van der Waals surface area contributed by atoms with E-state index in [9.17, 15) is 9.18 Å². The lowest BCUT2D eigenvalue weighted by Gasteiger charge is -2.10. The van der Waals surface area contributed by atoms with Gasteiger partial charge in [-0.25, -0.2) is 13.8 Å². The van der Waals surface area contributed by atoms with Crippen molar-refractivity contribution in [1.82, 2.24) is 24.5 Å². The van der Waals surface area contributed by atoms with Gasteiger partial charge >= 0.3 is 0 Å². The van der Waals surface area contributed by atoms with Gasteiger partial charge in [-0.2, -0.15) is 10.2 Å². The van der Waals surface area contributed by atoms with Crippen LogP contribution in [0.2, 0.25) is 0 Å².